The highest BCUT2D eigenvalue weighted by Gasteiger charge is 2.14. The molecule has 0 aliphatic heterocycles. The number of rotatable bonds is 4. The lowest BCUT2D eigenvalue weighted by Crippen LogP contribution is -2.26. The molecule has 1 N–H and O–H groups in total. The third-order valence-corrected chi connectivity index (χ3v) is 4.94. The predicted octanol–water partition coefficient (Wildman–Crippen LogP) is 3.58. The maximum atomic E-state index is 12.5. The van der Waals surface area contributed by atoms with Crippen LogP contribution in [0.4, 0.5) is 5.13 Å². The van der Waals surface area contributed by atoms with Crippen LogP contribution in [0.2, 0.25) is 0 Å². The van der Waals surface area contributed by atoms with E-state index >= 15 is 0 Å². The van der Waals surface area contributed by atoms with Gasteiger partial charge in [0.25, 0.3) is 5.91 Å². The van der Waals surface area contributed by atoms with E-state index in [2.05, 4.69) is 10.3 Å². The van der Waals surface area contributed by atoms with Gasteiger partial charge in [0.1, 0.15) is 0 Å². The quantitative estimate of drug-likeness (QED) is 0.593. The molecule has 0 aliphatic rings. The number of nitrogens with one attached hydrogen (secondary N) is 1. The zero-order chi connectivity index (χ0) is 18.8. The second-order valence-electron chi connectivity index (χ2n) is 5.85. The van der Waals surface area contributed by atoms with Crippen molar-refractivity contribution in [1.82, 2.24) is 4.98 Å². The van der Waals surface area contributed by atoms with Gasteiger partial charge < -0.3 is 9.90 Å². The van der Waals surface area contributed by atoms with Gasteiger partial charge in [-0.15, -0.1) is 11.3 Å². The third-order valence-electron chi connectivity index (χ3n) is 4.18. The van der Waals surface area contributed by atoms with Gasteiger partial charge in [0.2, 0.25) is 0 Å². The fourth-order valence-corrected chi connectivity index (χ4v) is 3.63. The molecule has 1 heterocycles. The van der Waals surface area contributed by atoms with E-state index in [1.165, 1.54) is 23.5 Å². The Labute approximate surface area is 158 Å². The Balaban J connectivity index is 1.64. The summed E-state index contributed by atoms with van der Waals surface area (Å²) in [6, 6.07) is 19.9. The van der Waals surface area contributed by atoms with Crippen LogP contribution >= 0.6 is 11.3 Å². The first-order chi connectivity index (χ1) is 13.1. The minimum atomic E-state index is -1.39. The van der Waals surface area contributed by atoms with Gasteiger partial charge in [0.15, 0.2) is 5.13 Å². The molecule has 0 radical (unpaired) electrons. The van der Waals surface area contributed by atoms with Crippen LogP contribution in [0, 0.1) is 0 Å². The number of thiazole rings is 1. The molecule has 4 rings (SSSR count). The number of benzene rings is 3. The molecule has 0 spiro atoms. The van der Waals surface area contributed by atoms with E-state index in [1.54, 1.807) is 12.1 Å². The zero-order valence-electron chi connectivity index (χ0n) is 14.0. The summed E-state index contributed by atoms with van der Waals surface area (Å²) in [5.74, 6) is -1.93. The molecule has 1 amide bonds. The second kappa shape index (κ2) is 7.01. The fraction of sp³-hybridized carbons (Fsp3) is 0. The Bertz CT molecular complexity index is 1160. The molecule has 0 bridgehead atoms. The number of fused-ring (bicyclic) bond motifs is 1. The minimum Gasteiger partial charge on any atom is -0.545 e. The highest BCUT2D eigenvalue weighted by Crippen LogP contribution is 2.31. The lowest BCUT2D eigenvalue weighted by Gasteiger charge is -2.09. The molecule has 5 nitrogen and oxygen atoms in total. The van der Waals surface area contributed by atoms with Crippen molar-refractivity contribution in [3.8, 4) is 11.3 Å². The molecular formula is C21H13N2O3S-. The van der Waals surface area contributed by atoms with Gasteiger partial charge in [-0.1, -0.05) is 60.7 Å². The molecule has 0 unspecified atom stereocenters. The van der Waals surface area contributed by atoms with Gasteiger partial charge in [-0.2, -0.15) is 0 Å². The Morgan fingerprint density at radius 1 is 0.889 bits per heavy atom. The molecule has 0 atom stereocenters. The highest BCUT2D eigenvalue weighted by atomic mass is 32.1. The third kappa shape index (κ3) is 3.30. The molecule has 0 fully saturated rings. The van der Waals surface area contributed by atoms with Gasteiger partial charge in [-0.3, -0.25) is 10.1 Å². The van der Waals surface area contributed by atoms with E-state index < -0.39 is 11.9 Å². The van der Waals surface area contributed by atoms with Crippen molar-refractivity contribution in [2.24, 2.45) is 0 Å². The smallest absolute Gasteiger partial charge is 0.258 e. The van der Waals surface area contributed by atoms with Crippen molar-refractivity contribution in [2.75, 3.05) is 5.32 Å². The van der Waals surface area contributed by atoms with Crippen LogP contribution in [0.3, 0.4) is 0 Å². The first-order valence-electron chi connectivity index (χ1n) is 8.19. The number of hydrogen-bond acceptors (Lipinski definition) is 5. The average molecular weight is 373 g/mol. The van der Waals surface area contributed by atoms with E-state index in [9.17, 15) is 14.7 Å². The van der Waals surface area contributed by atoms with Gasteiger partial charge >= 0.3 is 0 Å². The molecule has 27 heavy (non-hydrogen) atoms. The number of amides is 1. The summed E-state index contributed by atoms with van der Waals surface area (Å²) in [5.41, 5.74) is 1.61. The lowest BCUT2D eigenvalue weighted by molar-refractivity contribution is -0.255. The van der Waals surface area contributed by atoms with E-state index in [0.29, 0.717) is 5.13 Å². The summed E-state index contributed by atoms with van der Waals surface area (Å²) >= 11 is 1.28. The summed E-state index contributed by atoms with van der Waals surface area (Å²) in [7, 11) is 0. The topological polar surface area (TPSA) is 82.1 Å². The van der Waals surface area contributed by atoms with Crippen LogP contribution < -0.4 is 10.4 Å². The normalized spacial score (nSPS) is 10.7. The SMILES string of the molecule is O=C([O-])c1ccccc1C(=O)Nc1nc(-c2cccc3ccccc23)cs1. The monoisotopic (exact) mass is 373 g/mol. The number of anilines is 1. The number of carbonyl (C=O) groups excluding carboxylic acids is 2. The van der Waals surface area contributed by atoms with Crippen LogP contribution in [0.15, 0.2) is 72.1 Å². The summed E-state index contributed by atoms with van der Waals surface area (Å²) in [6.45, 7) is 0. The fourth-order valence-electron chi connectivity index (χ4n) is 2.93. The standard InChI is InChI=1S/C21H14N2O3S/c24-19(16-9-3-4-10-17(16)20(25)26)23-21-22-18(12-27-21)15-11-5-7-13-6-1-2-8-14(13)15/h1-12H,(H,25,26)(H,22,23,24)/p-1. The van der Waals surface area contributed by atoms with E-state index in [0.717, 1.165) is 22.0 Å². The Morgan fingerprint density at radius 2 is 1.59 bits per heavy atom. The summed E-state index contributed by atoms with van der Waals surface area (Å²) in [6.07, 6.45) is 0. The first-order valence-corrected chi connectivity index (χ1v) is 9.07. The second-order valence-corrected chi connectivity index (χ2v) is 6.71. The number of hydrogen-bond donors (Lipinski definition) is 1. The molecule has 3 aromatic carbocycles. The Kier molecular flexibility index (Phi) is 4.40. The number of carbonyl (C=O) groups is 2. The highest BCUT2D eigenvalue weighted by molar-refractivity contribution is 7.14. The van der Waals surface area contributed by atoms with E-state index in [-0.39, 0.29) is 11.1 Å². The van der Waals surface area contributed by atoms with Crippen molar-refractivity contribution < 1.29 is 14.7 Å². The average Bonchev–Trinajstić information content (AvgIpc) is 3.15. The molecule has 132 valence electrons. The first kappa shape index (κ1) is 16.9. The van der Waals surface area contributed by atoms with Gasteiger partial charge in [0.05, 0.1) is 11.7 Å². The van der Waals surface area contributed by atoms with Gasteiger partial charge in [0, 0.05) is 22.1 Å². The van der Waals surface area contributed by atoms with Crippen LogP contribution in [0.1, 0.15) is 20.7 Å². The van der Waals surface area contributed by atoms with Crippen LogP contribution in [0.25, 0.3) is 22.0 Å². The number of aromatic carboxylic acids is 1. The van der Waals surface area contributed by atoms with Crippen LogP contribution in [0.5, 0.6) is 0 Å². The van der Waals surface area contributed by atoms with Crippen molar-refractivity contribution in [1.29, 1.82) is 0 Å². The number of carboxylic acids is 1. The molecular weight excluding hydrogens is 360 g/mol. The van der Waals surface area contributed by atoms with Crippen molar-refractivity contribution in [2.45, 2.75) is 0 Å². The Morgan fingerprint density at radius 3 is 2.41 bits per heavy atom. The molecule has 1 aromatic heterocycles. The summed E-state index contributed by atoms with van der Waals surface area (Å²) < 4.78 is 0. The Hall–Kier alpha value is -3.51. The van der Waals surface area contributed by atoms with Crippen molar-refractivity contribution in [3.63, 3.8) is 0 Å². The number of aromatic nitrogens is 1. The van der Waals surface area contributed by atoms with Crippen molar-refractivity contribution >= 4 is 39.1 Å². The largest absolute Gasteiger partial charge is 0.545 e. The summed E-state index contributed by atoms with van der Waals surface area (Å²) in [5, 5.41) is 18.3. The van der Waals surface area contributed by atoms with Crippen LogP contribution in [-0.2, 0) is 0 Å². The van der Waals surface area contributed by atoms with E-state index in [1.807, 2.05) is 47.8 Å². The maximum Gasteiger partial charge on any atom is 0.258 e. The molecule has 0 saturated carbocycles. The van der Waals surface area contributed by atoms with E-state index in [4.69, 9.17) is 0 Å². The minimum absolute atomic E-state index is 0.0411. The van der Waals surface area contributed by atoms with Gasteiger partial charge in [-0.25, -0.2) is 4.98 Å². The zero-order valence-corrected chi connectivity index (χ0v) is 14.8. The predicted molar refractivity (Wildman–Crippen MR) is 104 cm³/mol. The molecule has 0 saturated heterocycles. The maximum absolute atomic E-state index is 12.5. The summed E-state index contributed by atoms with van der Waals surface area (Å²) in [4.78, 5) is 28.1. The van der Waals surface area contributed by atoms with Crippen molar-refractivity contribution in [3.05, 3.63) is 83.2 Å². The number of carboxylic acid groups (broad SMARTS) is 1. The number of nitrogens with zero attached hydrogens (tertiary/aromatic N) is 1. The molecule has 4 aromatic rings. The lowest BCUT2D eigenvalue weighted by atomic mass is 10.0. The van der Waals surface area contributed by atoms with Gasteiger partial charge in [-0.05, 0) is 16.8 Å². The molecule has 6 heteroatoms. The van der Waals surface area contributed by atoms with Crippen LogP contribution in [-0.4, -0.2) is 16.9 Å². The molecule has 0 aliphatic carbocycles.